The molecule has 7 nitrogen and oxygen atoms in total. The Labute approximate surface area is 220 Å². The van der Waals surface area contributed by atoms with Crippen LogP contribution in [0.25, 0.3) is 11.3 Å². The van der Waals surface area contributed by atoms with Crippen molar-refractivity contribution in [2.45, 2.75) is 45.1 Å². The second-order valence-electron chi connectivity index (χ2n) is 9.68. The number of benzene rings is 3. The second kappa shape index (κ2) is 10.9. The number of anilines is 1. The third-order valence-electron chi connectivity index (χ3n) is 6.91. The first kappa shape index (κ1) is 25.2. The van der Waals surface area contributed by atoms with Crippen molar-refractivity contribution < 1.29 is 19.1 Å². The Morgan fingerprint density at radius 3 is 2.39 bits per heavy atom. The van der Waals surface area contributed by atoms with Gasteiger partial charge in [-0.2, -0.15) is 9.78 Å². The van der Waals surface area contributed by atoms with Gasteiger partial charge in [0.25, 0.3) is 5.91 Å². The van der Waals surface area contributed by atoms with E-state index in [0.29, 0.717) is 22.5 Å². The molecule has 0 spiro atoms. The van der Waals surface area contributed by atoms with Crippen LogP contribution in [0.4, 0.5) is 14.9 Å². The summed E-state index contributed by atoms with van der Waals surface area (Å²) in [5, 5.41) is 21.0. The second-order valence-corrected chi connectivity index (χ2v) is 9.68. The minimum absolute atomic E-state index is 0.0546. The highest BCUT2D eigenvalue weighted by Crippen LogP contribution is 2.38. The number of carbonyl (C=O) groups is 2. The molecule has 4 aromatic rings. The van der Waals surface area contributed by atoms with Gasteiger partial charge in [0.15, 0.2) is 0 Å². The fourth-order valence-corrected chi connectivity index (χ4v) is 4.79. The molecule has 194 valence electrons. The molecular formula is C30H29FN4O3. The van der Waals surface area contributed by atoms with Crippen molar-refractivity contribution in [3.63, 3.8) is 0 Å². The Bertz CT molecular complexity index is 1460. The van der Waals surface area contributed by atoms with Crippen LogP contribution in [0, 0.1) is 12.7 Å². The van der Waals surface area contributed by atoms with Gasteiger partial charge in [0.2, 0.25) is 0 Å². The lowest BCUT2D eigenvalue weighted by molar-refractivity contribution is 0.102. The third kappa shape index (κ3) is 5.59. The number of amides is 2. The van der Waals surface area contributed by atoms with Crippen LogP contribution in [0.1, 0.15) is 58.8 Å². The Morgan fingerprint density at radius 1 is 1.00 bits per heavy atom. The number of halogens is 1. The maximum absolute atomic E-state index is 13.2. The standard InChI is InChI=1S/C30H29FN4O3/c1-19-6-10-22(11-7-19)29(37)33-24-14-15-25(28(36)16-24)26-17-27(21-4-2-3-5-21)35(34-26)30(38)32-18-20-8-12-23(31)13-9-20/h6-17,21,36H,2-5,18H2,1H3,(H,32,38)(H,33,37). The first-order chi connectivity index (χ1) is 18.4. The fraction of sp³-hybridized carbons (Fsp3) is 0.233. The van der Waals surface area contributed by atoms with Crippen LogP contribution in [0.15, 0.2) is 72.8 Å². The van der Waals surface area contributed by atoms with E-state index in [9.17, 15) is 19.1 Å². The quantitative estimate of drug-likeness (QED) is 0.280. The molecule has 3 N–H and O–H groups in total. The molecule has 0 atom stereocenters. The molecule has 38 heavy (non-hydrogen) atoms. The van der Waals surface area contributed by atoms with Gasteiger partial charge in [-0.15, -0.1) is 0 Å². The fourth-order valence-electron chi connectivity index (χ4n) is 4.79. The predicted octanol–water partition coefficient (Wildman–Crippen LogP) is 6.37. The van der Waals surface area contributed by atoms with Gasteiger partial charge in [-0.1, -0.05) is 42.7 Å². The lowest BCUT2D eigenvalue weighted by Crippen LogP contribution is -2.30. The smallest absolute Gasteiger partial charge is 0.342 e. The van der Waals surface area contributed by atoms with Crippen LogP contribution in [-0.4, -0.2) is 26.8 Å². The van der Waals surface area contributed by atoms with E-state index >= 15 is 0 Å². The maximum atomic E-state index is 13.2. The van der Waals surface area contributed by atoms with Gasteiger partial charge in [-0.25, -0.2) is 9.18 Å². The maximum Gasteiger partial charge on any atom is 0.342 e. The molecule has 0 saturated heterocycles. The zero-order valence-electron chi connectivity index (χ0n) is 21.1. The van der Waals surface area contributed by atoms with E-state index in [1.54, 1.807) is 36.4 Å². The summed E-state index contributed by atoms with van der Waals surface area (Å²) in [5.41, 5.74) is 4.53. The molecular weight excluding hydrogens is 483 g/mol. The number of phenolic OH excluding ortho intramolecular Hbond substituents is 1. The molecule has 1 aliphatic rings. The molecule has 1 aliphatic carbocycles. The van der Waals surface area contributed by atoms with Gasteiger partial charge in [0, 0.05) is 35.3 Å². The van der Waals surface area contributed by atoms with Gasteiger partial charge in [-0.05, 0) is 67.8 Å². The number of hydrogen-bond donors (Lipinski definition) is 3. The van der Waals surface area contributed by atoms with Crippen LogP contribution >= 0.6 is 0 Å². The van der Waals surface area contributed by atoms with Crippen LogP contribution in [0.3, 0.4) is 0 Å². The summed E-state index contributed by atoms with van der Waals surface area (Å²) < 4.78 is 14.6. The first-order valence-electron chi connectivity index (χ1n) is 12.7. The van der Waals surface area contributed by atoms with Crippen molar-refractivity contribution in [3.8, 4) is 17.0 Å². The molecule has 1 saturated carbocycles. The molecule has 0 unspecified atom stereocenters. The van der Waals surface area contributed by atoms with Crippen LogP contribution in [0.5, 0.6) is 5.75 Å². The monoisotopic (exact) mass is 512 g/mol. The summed E-state index contributed by atoms with van der Waals surface area (Å²) in [4.78, 5) is 25.7. The van der Waals surface area contributed by atoms with Gasteiger partial charge in [0.05, 0.1) is 11.4 Å². The topological polar surface area (TPSA) is 96.3 Å². The molecule has 3 aromatic carbocycles. The molecule has 0 aliphatic heterocycles. The Balaban J connectivity index is 1.37. The van der Waals surface area contributed by atoms with Crippen molar-refractivity contribution in [1.29, 1.82) is 0 Å². The summed E-state index contributed by atoms with van der Waals surface area (Å²) in [6.07, 6.45) is 4.10. The van der Waals surface area contributed by atoms with Crippen molar-refractivity contribution >= 4 is 17.6 Å². The SMILES string of the molecule is Cc1ccc(C(=O)Nc2ccc(-c3cc(C4CCCC4)n(C(=O)NCc4ccc(F)cc4)n3)c(O)c2)cc1. The molecule has 1 aromatic heterocycles. The van der Waals surface area contributed by atoms with Gasteiger partial charge in [-0.3, -0.25) is 4.79 Å². The lowest BCUT2D eigenvalue weighted by atomic mass is 10.0. The predicted molar refractivity (Wildman–Crippen MR) is 144 cm³/mol. The highest BCUT2D eigenvalue weighted by Gasteiger charge is 2.26. The summed E-state index contributed by atoms with van der Waals surface area (Å²) in [5.74, 6) is -0.465. The minimum atomic E-state index is -0.385. The number of nitrogens with zero attached hydrogens (tertiary/aromatic N) is 2. The first-order valence-corrected chi connectivity index (χ1v) is 12.7. The number of carbonyl (C=O) groups excluding carboxylic acids is 2. The van der Waals surface area contributed by atoms with Crippen LogP contribution in [-0.2, 0) is 6.54 Å². The molecule has 8 heteroatoms. The van der Waals surface area contributed by atoms with Crippen molar-refractivity contribution in [1.82, 2.24) is 15.1 Å². The zero-order valence-corrected chi connectivity index (χ0v) is 21.1. The molecule has 5 rings (SSSR count). The average molecular weight is 513 g/mol. The van der Waals surface area contributed by atoms with E-state index in [1.807, 2.05) is 25.1 Å². The Morgan fingerprint density at radius 2 is 1.71 bits per heavy atom. The number of aromatic nitrogens is 2. The van der Waals surface area contributed by atoms with Crippen molar-refractivity contribution in [3.05, 3.63) is 101 Å². The molecule has 0 radical (unpaired) electrons. The summed E-state index contributed by atoms with van der Waals surface area (Å²) in [7, 11) is 0. The van der Waals surface area contributed by atoms with E-state index in [4.69, 9.17) is 0 Å². The number of rotatable bonds is 6. The van der Waals surface area contributed by atoms with Crippen molar-refractivity contribution in [2.24, 2.45) is 0 Å². The zero-order chi connectivity index (χ0) is 26.6. The number of aryl methyl sites for hydroxylation is 1. The largest absolute Gasteiger partial charge is 0.507 e. The van der Waals surface area contributed by atoms with Crippen molar-refractivity contribution in [2.75, 3.05) is 5.32 Å². The molecule has 0 bridgehead atoms. The van der Waals surface area contributed by atoms with Gasteiger partial charge < -0.3 is 15.7 Å². The molecule has 2 amide bonds. The minimum Gasteiger partial charge on any atom is -0.507 e. The van der Waals surface area contributed by atoms with E-state index in [1.165, 1.54) is 22.9 Å². The Hall–Kier alpha value is -4.46. The van der Waals surface area contributed by atoms with Gasteiger partial charge in [0.1, 0.15) is 11.6 Å². The third-order valence-corrected chi connectivity index (χ3v) is 6.91. The highest BCUT2D eigenvalue weighted by atomic mass is 19.1. The van der Waals surface area contributed by atoms with Crippen LogP contribution in [0.2, 0.25) is 0 Å². The number of aromatic hydroxyl groups is 1. The summed E-state index contributed by atoms with van der Waals surface area (Å²) >= 11 is 0. The summed E-state index contributed by atoms with van der Waals surface area (Å²) in [6.45, 7) is 2.19. The molecule has 1 fully saturated rings. The highest BCUT2D eigenvalue weighted by molar-refractivity contribution is 6.04. The number of nitrogens with one attached hydrogen (secondary N) is 2. The lowest BCUT2D eigenvalue weighted by Gasteiger charge is -2.12. The van der Waals surface area contributed by atoms with E-state index in [2.05, 4.69) is 15.7 Å². The number of phenols is 1. The Kier molecular flexibility index (Phi) is 7.22. The van der Waals surface area contributed by atoms with Gasteiger partial charge >= 0.3 is 6.03 Å². The van der Waals surface area contributed by atoms with Crippen LogP contribution < -0.4 is 10.6 Å². The number of hydrogen-bond acceptors (Lipinski definition) is 4. The van der Waals surface area contributed by atoms with E-state index < -0.39 is 0 Å². The summed E-state index contributed by atoms with van der Waals surface area (Å²) in [6, 6.07) is 19.5. The van der Waals surface area contributed by atoms with E-state index in [-0.39, 0.29) is 36.0 Å². The van der Waals surface area contributed by atoms with E-state index in [0.717, 1.165) is 42.5 Å². The normalized spacial score (nSPS) is 13.4. The molecule has 1 heterocycles. The average Bonchev–Trinajstić information content (AvgIpc) is 3.59.